The van der Waals surface area contributed by atoms with Crippen molar-refractivity contribution < 1.29 is 14.7 Å². The predicted molar refractivity (Wildman–Crippen MR) is 100 cm³/mol. The molecule has 1 amide bonds. The van der Waals surface area contributed by atoms with Crippen molar-refractivity contribution in [2.24, 2.45) is 0 Å². The molecule has 0 bridgehead atoms. The lowest BCUT2D eigenvalue weighted by atomic mass is 10.0. The summed E-state index contributed by atoms with van der Waals surface area (Å²) in [5.74, 6) is -1.27. The highest BCUT2D eigenvalue weighted by atomic mass is 16.4. The van der Waals surface area contributed by atoms with Gasteiger partial charge in [-0.3, -0.25) is 9.78 Å². The first-order chi connectivity index (χ1) is 12.4. The molecule has 0 saturated heterocycles. The monoisotopic (exact) mass is 353 g/mol. The lowest BCUT2D eigenvalue weighted by Gasteiger charge is -2.26. The predicted octanol–water partition coefficient (Wildman–Crippen LogP) is 2.89. The van der Waals surface area contributed by atoms with Crippen molar-refractivity contribution in [3.05, 3.63) is 48.3 Å². The third kappa shape index (κ3) is 3.69. The lowest BCUT2D eigenvalue weighted by molar-refractivity contribution is -0.141. The minimum absolute atomic E-state index is 0.0108. The Bertz CT molecular complexity index is 813. The molecule has 2 aromatic rings. The Kier molecular flexibility index (Phi) is 4.93. The fourth-order valence-electron chi connectivity index (χ4n) is 2.95. The van der Waals surface area contributed by atoms with Crippen LogP contribution in [0.5, 0.6) is 0 Å². The zero-order chi connectivity index (χ0) is 18.8. The second-order valence-corrected chi connectivity index (χ2v) is 6.86. The summed E-state index contributed by atoms with van der Waals surface area (Å²) in [7, 11) is 3.96. The average molecular weight is 353 g/mol. The van der Waals surface area contributed by atoms with Crippen molar-refractivity contribution in [3.63, 3.8) is 0 Å². The van der Waals surface area contributed by atoms with Crippen molar-refractivity contribution in [2.75, 3.05) is 19.0 Å². The number of hydrogen-bond donors (Lipinski definition) is 1. The Morgan fingerprint density at radius 3 is 2.31 bits per heavy atom. The van der Waals surface area contributed by atoms with E-state index in [4.69, 9.17) is 0 Å². The summed E-state index contributed by atoms with van der Waals surface area (Å²) >= 11 is 0. The van der Waals surface area contributed by atoms with Crippen LogP contribution in [0.3, 0.4) is 0 Å². The summed E-state index contributed by atoms with van der Waals surface area (Å²) in [4.78, 5) is 32.0. The first-order valence-electron chi connectivity index (χ1n) is 8.66. The Hall–Kier alpha value is -2.89. The van der Waals surface area contributed by atoms with E-state index in [9.17, 15) is 14.7 Å². The summed E-state index contributed by atoms with van der Waals surface area (Å²) in [6.07, 6.45) is 4.92. The molecule has 6 nitrogen and oxygen atoms in total. The maximum absolute atomic E-state index is 12.9. The molecule has 1 aliphatic rings. The molecular weight excluding hydrogens is 330 g/mol. The van der Waals surface area contributed by atoms with Gasteiger partial charge in [-0.05, 0) is 43.5 Å². The normalized spacial score (nSPS) is 14.6. The highest BCUT2D eigenvalue weighted by Gasteiger charge is 2.38. The zero-order valence-electron chi connectivity index (χ0n) is 15.2. The van der Waals surface area contributed by atoms with Crippen LogP contribution in [0.25, 0.3) is 11.1 Å². The topological polar surface area (TPSA) is 73.7 Å². The van der Waals surface area contributed by atoms with E-state index in [-0.39, 0.29) is 11.9 Å². The number of nitrogens with zero attached hydrogens (tertiary/aromatic N) is 3. The number of carbonyl (C=O) groups excluding carboxylic acids is 1. The average Bonchev–Trinajstić information content (AvgIpc) is 3.46. The van der Waals surface area contributed by atoms with E-state index in [1.807, 2.05) is 43.3 Å². The number of anilines is 1. The molecule has 1 aliphatic carbocycles. The van der Waals surface area contributed by atoms with Crippen LogP contribution in [0.1, 0.15) is 30.1 Å². The molecule has 3 rings (SSSR count). The fourth-order valence-corrected chi connectivity index (χ4v) is 2.95. The molecule has 1 N–H and O–H groups in total. The van der Waals surface area contributed by atoms with Gasteiger partial charge >= 0.3 is 5.97 Å². The summed E-state index contributed by atoms with van der Waals surface area (Å²) in [5, 5.41) is 9.31. The van der Waals surface area contributed by atoms with E-state index in [0.717, 1.165) is 29.7 Å². The summed E-state index contributed by atoms with van der Waals surface area (Å²) in [5.41, 5.74) is 3.30. The van der Waals surface area contributed by atoms with Gasteiger partial charge in [-0.2, -0.15) is 0 Å². The molecule has 1 saturated carbocycles. The van der Waals surface area contributed by atoms with Crippen LogP contribution in [-0.4, -0.2) is 53.0 Å². The van der Waals surface area contributed by atoms with Gasteiger partial charge in [0.1, 0.15) is 6.04 Å². The van der Waals surface area contributed by atoms with Crippen LogP contribution >= 0.6 is 0 Å². The van der Waals surface area contributed by atoms with Crippen molar-refractivity contribution in [2.45, 2.75) is 31.8 Å². The molecule has 136 valence electrons. The molecule has 1 atom stereocenters. The molecule has 1 heterocycles. The van der Waals surface area contributed by atoms with Crippen molar-refractivity contribution in [1.82, 2.24) is 9.88 Å². The van der Waals surface area contributed by atoms with Crippen LogP contribution in [0.15, 0.2) is 42.7 Å². The third-order valence-electron chi connectivity index (χ3n) is 4.65. The zero-order valence-corrected chi connectivity index (χ0v) is 15.2. The molecule has 26 heavy (non-hydrogen) atoms. The van der Waals surface area contributed by atoms with Crippen LogP contribution in [0.4, 0.5) is 5.69 Å². The quantitative estimate of drug-likeness (QED) is 0.864. The molecule has 0 radical (unpaired) electrons. The SMILES string of the molecule is CC(C(=O)O)N(C(=O)c1cncc(-c2ccc(N(C)C)cc2)c1)C1CC1. The van der Waals surface area contributed by atoms with E-state index in [1.165, 1.54) is 11.1 Å². The van der Waals surface area contributed by atoms with E-state index in [1.54, 1.807) is 19.2 Å². The lowest BCUT2D eigenvalue weighted by Crippen LogP contribution is -2.44. The second kappa shape index (κ2) is 7.15. The largest absolute Gasteiger partial charge is 0.480 e. The minimum Gasteiger partial charge on any atom is -0.480 e. The first kappa shape index (κ1) is 17.9. The Morgan fingerprint density at radius 2 is 1.77 bits per heavy atom. The van der Waals surface area contributed by atoms with Crippen LogP contribution in [-0.2, 0) is 4.79 Å². The number of benzene rings is 1. The van der Waals surface area contributed by atoms with Crippen LogP contribution < -0.4 is 4.90 Å². The van der Waals surface area contributed by atoms with Gasteiger partial charge in [-0.1, -0.05) is 12.1 Å². The third-order valence-corrected chi connectivity index (χ3v) is 4.65. The van der Waals surface area contributed by atoms with Gasteiger partial charge in [0.25, 0.3) is 5.91 Å². The van der Waals surface area contributed by atoms with Gasteiger partial charge in [0.15, 0.2) is 0 Å². The summed E-state index contributed by atoms with van der Waals surface area (Å²) in [6.45, 7) is 1.55. The molecule has 1 unspecified atom stereocenters. The minimum atomic E-state index is -0.992. The number of pyridine rings is 1. The van der Waals surface area contributed by atoms with Crippen molar-refractivity contribution in [3.8, 4) is 11.1 Å². The molecule has 6 heteroatoms. The van der Waals surface area contributed by atoms with E-state index < -0.39 is 12.0 Å². The maximum atomic E-state index is 12.9. The number of carboxylic acids is 1. The van der Waals surface area contributed by atoms with E-state index in [0.29, 0.717) is 5.56 Å². The second-order valence-electron chi connectivity index (χ2n) is 6.86. The summed E-state index contributed by atoms with van der Waals surface area (Å²) < 4.78 is 0. The standard InChI is InChI=1S/C20H23N3O3/c1-13(20(25)26)23(18-8-9-18)19(24)16-10-15(11-21-12-16)14-4-6-17(7-5-14)22(2)3/h4-7,10-13,18H,8-9H2,1-3H3,(H,25,26). The van der Waals surface area contributed by atoms with Crippen molar-refractivity contribution in [1.29, 1.82) is 0 Å². The number of amides is 1. The first-order valence-corrected chi connectivity index (χ1v) is 8.66. The molecule has 1 aromatic heterocycles. The number of carboxylic acid groups (broad SMARTS) is 1. The molecular formula is C20H23N3O3. The number of hydrogen-bond acceptors (Lipinski definition) is 4. The number of carbonyl (C=O) groups is 2. The van der Waals surface area contributed by atoms with Gasteiger partial charge in [0.2, 0.25) is 0 Å². The Morgan fingerprint density at radius 1 is 1.12 bits per heavy atom. The molecule has 0 spiro atoms. The van der Waals surface area contributed by atoms with E-state index >= 15 is 0 Å². The maximum Gasteiger partial charge on any atom is 0.326 e. The Labute approximate surface area is 153 Å². The highest BCUT2D eigenvalue weighted by molar-refractivity contribution is 5.97. The summed E-state index contributed by atoms with van der Waals surface area (Å²) in [6, 6.07) is 8.93. The highest BCUT2D eigenvalue weighted by Crippen LogP contribution is 2.31. The van der Waals surface area contributed by atoms with Gasteiger partial charge in [-0.15, -0.1) is 0 Å². The van der Waals surface area contributed by atoms with Gasteiger partial charge in [-0.25, -0.2) is 4.79 Å². The number of aromatic nitrogens is 1. The number of rotatable bonds is 6. The fraction of sp³-hybridized carbons (Fsp3) is 0.350. The van der Waals surface area contributed by atoms with Crippen molar-refractivity contribution >= 4 is 17.6 Å². The number of aliphatic carboxylic acids is 1. The smallest absolute Gasteiger partial charge is 0.326 e. The van der Waals surface area contributed by atoms with E-state index in [2.05, 4.69) is 4.98 Å². The van der Waals surface area contributed by atoms with Crippen LogP contribution in [0, 0.1) is 0 Å². The van der Waals surface area contributed by atoms with Gasteiger partial charge in [0.05, 0.1) is 5.56 Å². The Balaban J connectivity index is 1.88. The van der Waals surface area contributed by atoms with Gasteiger partial charge < -0.3 is 14.9 Å². The van der Waals surface area contributed by atoms with Gasteiger partial charge in [0, 0.05) is 43.8 Å². The molecule has 1 aromatic carbocycles. The molecule has 0 aliphatic heterocycles. The molecule has 1 fully saturated rings. The van der Waals surface area contributed by atoms with Crippen LogP contribution in [0.2, 0.25) is 0 Å².